The molecule has 0 saturated heterocycles. The molecule has 0 aliphatic rings. The quantitative estimate of drug-likeness (QED) is 0.835. The van der Waals surface area contributed by atoms with Gasteiger partial charge in [0.25, 0.3) is 0 Å². The lowest BCUT2D eigenvalue weighted by Gasteiger charge is -2.19. The number of benzene rings is 1. The Hall–Kier alpha value is -0.840. The lowest BCUT2D eigenvalue weighted by Crippen LogP contribution is -2.33. The van der Waals surface area contributed by atoms with Gasteiger partial charge in [0.15, 0.2) is 0 Å². The Morgan fingerprint density at radius 3 is 2.62 bits per heavy atom. The van der Waals surface area contributed by atoms with Gasteiger partial charge in [0.1, 0.15) is 5.15 Å². The molecule has 5 heteroatoms. The maximum atomic E-state index is 6.36. The van der Waals surface area contributed by atoms with Crippen molar-refractivity contribution < 1.29 is 0 Å². The van der Waals surface area contributed by atoms with Crippen molar-refractivity contribution in [1.29, 1.82) is 0 Å². The third-order valence-corrected chi connectivity index (χ3v) is 4.88. The predicted molar refractivity (Wildman–Crippen MR) is 92.0 cm³/mol. The van der Waals surface area contributed by atoms with E-state index in [0.717, 1.165) is 40.3 Å². The minimum absolute atomic E-state index is 0.342. The summed E-state index contributed by atoms with van der Waals surface area (Å²) in [6.07, 6.45) is 1.84. The third-order valence-electron chi connectivity index (χ3n) is 3.64. The molecule has 0 amide bonds. The van der Waals surface area contributed by atoms with E-state index in [1.807, 2.05) is 20.0 Å². The van der Waals surface area contributed by atoms with E-state index < -0.39 is 0 Å². The Morgan fingerprint density at radius 1 is 1.33 bits per heavy atom. The van der Waals surface area contributed by atoms with Crippen molar-refractivity contribution in [3.63, 3.8) is 0 Å². The molecule has 3 nitrogen and oxygen atoms in total. The first kappa shape index (κ1) is 16.5. The van der Waals surface area contributed by atoms with Crippen LogP contribution in [0.25, 0.3) is 0 Å². The maximum Gasteiger partial charge on any atom is 0.130 e. The molecule has 1 aromatic carbocycles. The molecule has 2 aromatic rings. The Kier molecular flexibility index (Phi) is 5.85. The summed E-state index contributed by atoms with van der Waals surface area (Å²) in [6, 6.07) is 8.70. The number of halogens is 2. The van der Waals surface area contributed by atoms with Crippen LogP contribution in [0.1, 0.15) is 23.7 Å². The summed E-state index contributed by atoms with van der Waals surface area (Å²) in [7, 11) is 1.88. The van der Waals surface area contributed by atoms with Crippen molar-refractivity contribution >= 4 is 27.5 Å². The van der Waals surface area contributed by atoms with E-state index in [-0.39, 0.29) is 0 Å². The SMILES string of the molecule is CCNC(Cc1ccccc1Br)Cc1c(C)nn(C)c1Cl. The first-order chi connectivity index (χ1) is 10.0. The van der Waals surface area contributed by atoms with Crippen LogP contribution in [0.4, 0.5) is 0 Å². The Labute approximate surface area is 139 Å². The molecule has 1 unspecified atom stereocenters. The van der Waals surface area contributed by atoms with Crippen LogP contribution in [0.3, 0.4) is 0 Å². The fourth-order valence-electron chi connectivity index (χ4n) is 2.59. The van der Waals surface area contributed by atoms with Gasteiger partial charge in [0, 0.05) is 23.1 Å². The van der Waals surface area contributed by atoms with Gasteiger partial charge in [-0.15, -0.1) is 0 Å². The maximum absolute atomic E-state index is 6.36. The summed E-state index contributed by atoms with van der Waals surface area (Å²) >= 11 is 9.98. The number of aromatic nitrogens is 2. The smallest absolute Gasteiger partial charge is 0.130 e. The number of nitrogens with one attached hydrogen (secondary N) is 1. The van der Waals surface area contributed by atoms with Crippen molar-refractivity contribution in [2.45, 2.75) is 32.7 Å². The van der Waals surface area contributed by atoms with E-state index in [9.17, 15) is 0 Å². The van der Waals surface area contributed by atoms with E-state index in [1.165, 1.54) is 5.56 Å². The molecule has 1 atom stereocenters. The largest absolute Gasteiger partial charge is 0.314 e. The van der Waals surface area contributed by atoms with Crippen LogP contribution >= 0.6 is 27.5 Å². The van der Waals surface area contributed by atoms with Crippen LogP contribution in [0.15, 0.2) is 28.7 Å². The van der Waals surface area contributed by atoms with Gasteiger partial charge in [-0.1, -0.05) is 52.7 Å². The summed E-state index contributed by atoms with van der Waals surface area (Å²) in [5.74, 6) is 0. The van der Waals surface area contributed by atoms with Crippen LogP contribution < -0.4 is 5.32 Å². The number of hydrogen-bond acceptors (Lipinski definition) is 2. The van der Waals surface area contributed by atoms with Gasteiger partial charge < -0.3 is 5.32 Å². The minimum Gasteiger partial charge on any atom is -0.314 e. The molecule has 1 N–H and O–H groups in total. The topological polar surface area (TPSA) is 29.9 Å². The average molecular weight is 371 g/mol. The second-order valence-corrected chi connectivity index (χ2v) is 6.44. The molecule has 0 spiro atoms. The fourth-order valence-corrected chi connectivity index (χ4v) is 3.29. The fraction of sp³-hybridized carbons (Fsp3) is 0.438. The van der Waals surface area contributed by atoms with Crippen molar-refractivity contribution in [1.82, 2.24) is 15.1 Å². The van der Waals surface area contributed by atoms with E-state index >= 15 is 0 Å². The minimum atomic E-state index is 0.342. The Bertz CT molecular complexity index is 610. The highest BCUT2D eigenvalue weighted by molar-refractivity contribution is 9.10. The predicted octanol–water partition coefficient (Wildman–Crippen LogP) is 3.91. The van der Waals surface area contributed by atoms with Crippen molar-refractivity contribution in [3.05, 3.63) is 50.7 Å². The Morgan fingerprint density at radius 2 is 2.05 bits per heavy atom. The molecule has 0 radical (unpaired) electrons. The number of aryl methyl sites for hydroxylation is 2. The summed E-state index contributed by atoms with van der Waals surface area (Å²) in [4.78, 5) is 0. The highest BCUT2D eigenvalue weighted by Crippen LogP contribution is 2.23. The monoisotopic (exact) mass is 369 g/mol. The zero-order valence-electron chi connectivity index (χ0n) is 12.7. The van der Waals surface area contributed by atoms with Gasteiger partial charge in [-0.3, -0.25) is 4.68 Å². The molecule has 1 aromatic heterocycles. The summed E-state index contributed by atoms with van der Waals surface area (Å²) in [5.41, 5.74) is 3.45. The summed E-state index contributed by atoms with van der Waals surface area (Å²) in [5, 5.41) is 8.69. The highest BCUT2D eigenvalue weighted by Gasteiger charge is 2.17. The van der Waals surface area contributed by atoms with Gasteiger partial charge in [0.2, 0.25) is 0 Å². The van der Waals surface area contributed by atoms with Gasteiger partial charge in [0.05, 0.1) is 5.69 Å². The molecule has 1 heterocycles. The van der Waals surface area contributed by atoms with Gasteiger partial charge >= 0.3 is 0 Å². The lowest BCUT2D eigenvalue weighted by molar-refractivity contribution is 0.520. The van der Waals surface area contributed by atoms with Gasteiger partial charge in [-0.2, -0.15) is 5.10 Å². The van der Waals surface area contributed by atoms with E-state index in [4.69, 9.17) is 11.6 Å². The molecule has 2 rings (SSSR count). The zero-order chi connectivity index (χ0) is 15.4. The summed E-state index contributed by atoms with van der Waals surface area (Å²) < 4.78 is 2.90. The van der Waals surface area contributed by atoms with Crippen LogP contribution in [0.5, 0.6) is 0 Å². The second-order valence-electron chi connectivity index (χ2n) is 5.23. The molecule has 0 aliphatic heterocycles. The van der Waals surface area contributed by atoms with Gasteiger partial charge in [-0.25, -0.2) is 0 Å². The number of nitrogens with zero attached hydrogens (tertiary/aromatic N) is 2. The molecule has 21 heavy (non-hydrogen) atoms. The lowest BCUT2D eigenvalue weighted by atomic mass is 9.99. The highest BCUT2D eigenvalue weighted by atomic mass is 79.9. The summed E-state index contributed by atoms with van der Waals surface area (Å²) in [6.45, 7) is 5.08. The number of rotatable bonds is 6. The van der Waals surface area contributed by atoms with Crippen molar-refractivity contribution in [3.8, 4) is 0 Å². The standard InChI is InChI=1S/C16H21BrClN3/c1-4-19-13(9-12-7-5-6-8-15(12)17)10-14-11(2)20-21(3)16(14)18/h5-8,13,19H,4,9-10H2,1-3H3. The zero-order valence-corrected chi connectivity index (χ0v) is 15.0. The molecule has 0 fully saturated rings. The number of hydrogen-bond donors (Lipinski definition) is 1. The molecule has 0 saturated carbocycles. The third kappa shape index (κ3) is 4.09. The van der Waals surface area contributed by atoms with Gasteiger partial charge in [-0.05, 0) is 37.9 Å². The molecular formula is C16H21BrClN3. The van der Waals surface area contributed by atoms with Crippen LogP contribution in [-0.2, 0) is 19.9 Å². The second kappa shape index (κ2) is 7.43. The van der Waals surface area contributed by atoms with E-state index in [2.05, 4.69) is 51.5 Å². The first-order valence-electron chi connectivity index (χ1n) is 7.17. The van der Waals surface area contributed by atoms with Crippen LogP contribution in [-0.4, -0.2) is 22.4 Å². The molecule has 0 bridgehead atoms. The van der Waals surface area contributed by atoms with Crippen LogP contribution in [0.2, 0.25) is 5.15 Å². The first-order valence-corrected chi connectivity index (χ1v) is 8.34. The molecular weight excluding hydrogens is 350 g/mol. The Balaban J connectivity index is 2.18. The van der Waals surface area contributed by atoms with E-state index in [0.29, 0.717) is 6.04 Å². The average Bonchev–Trinajstić information content (AvgIpc) is 2.68. The molecule has 0 aliphatic carbocycles. The van der Waals surface area contributed by atoms with Crippen LogP contribution in [0, 0.1) is 6.92 Å². The van der Waals surface area contributed by atoms with Crippen molar-refractivity contribution in [2.24, 2.45) is 7.05 Å². The molecule has 114 valence electrons. The van der Waals surface area contributed by atoms with E-state index in [1.54, 1.807) is 4.68 Å². The van der Waals surface area contributed by atoms with Crippen molar-refractivity contribution in [2.75, 3.05) is 6.54 Å². The number of likely N-dealkylation sites (N-methyl/N-ethyl adjacent to an activating group) is 1. The normalized spacial score (nSPS) is 12.6.